The Morgan fingerprint density at radius 3 is 2.70 bits per heavy atom. The number of benzene rings is 2. The molecule has 0 spiro atoms. The van der Waals surface area contributed by atoms with Crippen molar-refractivity contribution in [3.63, 3.8) is 0 Å². The van der Waals surface area contributed by atoms with Crippen molar-refractivity contribution in [1.29, 1.82) is 0 Å². The minimum absolute atomic E-state index is 0.173. The van der Waals surface area contributed by atoms with Gasteiger partial charge in [0, 0.05) is 9.92 Å². The number of amides is 1. The zero-order valence-electron chi connectivity index (χ0n) is 14.8. The van der Waals surface area contributed by atoms with Crippen molar-refractivity contribution in [2.45, 2.75) is 17.1 Å². The van der Waals surface area contributed by atoms with Crippen LogP contribution in [0.4, 0.5) is 0 Å². The summed E-state index contributed by atoms with van der Waals surface area (Å²) in [6, 6.07) is 14.2. The highest BCUT2D eigenvalue weighted by Crippen LogP contribution is 2.24. The summed E-state index contributed by atoms with van der Waals surface area (Å²) in [5, 5.41) is 4.30. The molecule has 0 aliphatic carbocycles. The summed E-state index contributed by atoms with van der Waals surface area (Å²) >= 11 is 7.26. The molecule has 0 saturated carbocycles. The van der Waals surface area contributed by atoms with Crippen molar-refractivity contribution in [3.05, 3.63) is 59.1 Å². The first-order chi connectivity index (χ1) is 13.0. The molecule has 0 bridgehead atoms. The van der Waals surface area contributed by atoms with Crippen molar-refractivity contribution >= 4 is 41.5 Å². The molecule has 6 nitrogen and oxygen atoms in total. The summed E-state index contributed by atoms with van der Waals surface area (Å²) in [6.07, 6.45) is 1.50. The summed E-state index contributed by atoms with van der Waals surface area (Å²) in [5.74, 6) is -0.180. The molecule has 0 aromatic heterocycles. The van der Waals surface area contributed by atoms with Crippen LogP contribution >= 0.6 is 23.4 Å². The fraction of sp³-hybridized carbons (Fsp3) is 0.211. The third-order valence-corrected chi connectivity index (χ3v) is 4.69. The van der Waals surface area contributed by atoms with Gasteiger partial charge in [0.25, 0.3) is 5.91 Å². The number of methoxy groups -OCH3 is 1. The topological polar surface area (TPSA) is 77.0 Å². The van der Waals surface area contributed by atoms with E-state index in [-0.39, 0.29) is 17.8 Å². The van der Waals surface area contributed by atoms with E-state index in [2.05, 4.69) is 15.3 Å². The van der Waals surface area contributed by atoms with Crippen LogP contribution in [0, 0.1) is 0 Å². The molecule has 0 radical (unpaired) electrons. The number of hydrazone groups is 1. The van der Waals surface area contributed by atoms with Gasteiger partial charge in [0.05, 0.1) is 18.6 Å². The summed E-state index contributed by atoms with van der Waals surface area (Å²) < 4.78 is 9.82. The van der Waals surface area contributed by atoms with Gasteiger partial charge in [0.15, 0.2) is 6.61 Å². The smallest absolute Gasteiger partial charge is 0.343 e. The fourth-order valence-corrected chi connectivity index (χ4v) is 2.91. The molecule has 142 valence electrons. The molecule has 8 heteroatoms. The molecule has 0 unspecified atom stereocenters. The van der Waals surface area contributed by atoms with E-state index in [0.717, 1.165) is 10.5 Å². The van der Waals surface area contributed by atoms with E-state index in [4.69, 9.17) is 16.3 Å². The molecule has 2 aromatic rings. The van der Waals surface area contributed by atoms with Crippen molar-refractivity contribution in [2.75, 3.05) is 13.7 Å². The predicted octanol–water partition coefficient (Wildman–Crippen LogP) is 3.52. The predicted molar refractivity (Wildman–Crippen MR) is 106 cm³/mol. The Labute approximate surface area is 166 Å². The number of ether oxygens (including phenoxy) is 2. The van der Waals surface area contributed by atoms with Gasteiger partial charge in [-0.3, -0.25) is 4.79 Å². The molecule has 1 N–H and O–H groups in total. The summed E-state index contributed by atoms with van der Waals surface area (Å²) in [7, 11) is 1.30. The van der Waals surface area contributed by atoms with Crippen LogP contribution in [0.25, 0.3) is 0 Å². The average molecular weight is 407 g/mol. The summed E-state index contributed by atoms with van der Waals surface area (Å²) in [4.78, 5) is 24.2. The van der Waals surface area contributed by atoms with Gasteiger partial charge in [-0.15, -0.1) is 11.8 Å². The van der Waals surface area contributed by atoms with Gasteiger partial charge in [0.2, 0.25) is 0 Å². The van der Waals surface area contributed by atoms with Crippen LogP contribution < -0.4 is 10.2 Å². The first-order valence-corrected chi connectivity index (χ1v) is 9.28. The Balaban J connectivity index is 1.85. The lowest BCUT2D eigenvalue weighted by atomic mass is 10.2. The van der Waals surface area contributed by atoms with Crippen LogP contribution in [0.15, 0.2) is 58.5 Å². The molecular weight excluding hydrogens is 388 g/mol. The van der Waals surface area contributed by atoms with E-state index < -0.39 is 5.97 Å². The number of rotatable bonds is 8. The van der Waals surface area contributed by atoms with Crippen LogP contribution in [0.3, 0.4) is 0 Å². The van der Waals surface area contributed by atoms with Crippen LogP contribution in [-0.4, -0.2) is 37.1 Å². The zero-order valence-corrected chi connectivity index (χ0v) is 16.4. The third kappa shape index (κ3) is 7.32. The fourth-order valence-electron chi connectivity index (χ4n) is 1.92. The molecule has 0 fully saturated rings. The second-order valence-electron chi connectivity index (χ2n) is 5.39. The SMILES string of the molecule is COC(=O)COc1cccc(/C=N\NC(=O)[C@H](C)Sc2ccc(Cl)cc2)c1. The van der Waals surface area contributed by atoms with E-state index in [0.29, 0.717) is 10.8 Å². The maximum atomic E-state index is 12.1. The van der Waals surface area contributed by atoms with Crippen LogP contribution in [0.5, 0.6) is 5.75 Å². The molecule has 27 heavy (non-hydrogen) atoms. The Hall–Kier alpha value is -2.51. The Bertz CT molecular complexity index is 812. The zero-order chi connectivity index (χ0) is 19.6. The van der Waals surface area contributed by atoms with E-state index >= 15 is 0 Å². The first-order valence-electron chi connectivity index (χ1n) is 8.03. The van der Waals surface area contributed by atoms with Crippen molar-refractivity contribution in [1.82, 2.24) is 5.43 Å². The van der Waals surface area contributed by atoms with Crippen LogP contribution in [-0.2, 0) is 14.3 Å². The Morgan fingerprint density at radius 1 is 1.26 bits per heavy atom. The van der Waals surface area contributed by atoms with Crippen LogP contribution in [0.2, 0.25) is 5.02 Å². The van der Waals surface area contributed by atoms with Crippen LogP contribution in [0.1, 0.15) is 12.5 Å². The quantitative estimate of drug-likeness (QED) is 0.314. The van der Waals surface area contributed by atoms with E-state index in [1.54, 1.807) is 43.3 Å². The lowest BCUT2D eigenvalue weighted by Gasteiger charge is -2.09. The number of nitrogens with one attached hydrogen (secondary N) is 1. The van der Waals surface area contributed by atoms with Crippen molar-refractivity contribution in [3.8, 4) is 5.75 Å². The third-order valence-electron chi connectivity index (χ3n) is 3.33. The highest BCUT2D eigenvalue weighted by Gasteiger charge is 2.13. The molecule has 2 rings (SSSR count). The molecule has 0 aliphatic rings. The Kier molecular flexibility index (Phi) is 8.16. The standard InChI is InChI=1S/C19H19ClN2O4S/c1-13(27-17-8-6-15(20)7-9-17)19(24)22-21-11-14-4-3-5-16(10-14)26-12-18(23)25-2/h3-11,13H,12H2,1-2H3,(H,22,24)/b21-11-/t13-/m0/s1. The highest BCUT2D eigenvalue weighted by atomic mass is 35.5. The second kappa shape index (κ2) is 10.6. The van der Waals surface area contributed by atoms with Crippen molar-refractivity contribution in [2.24, 2.45) is 5.10 Å². The van der Waals surface area contributed by atoms with E-state index in [9.17, 15) is 9.59 Å². The maximum absolute atomic E-state index is 12.1. The number of halogens is 1. The maximum Gasteiger partial charge on any atom is 0.343 e. The van der Waals surface area contributed by atoms with Gasteiger partial charge < -0.3 is 9.47 Å². The van der Waals surface area contributed by atoms with Gasteiger partial charge >= 0.3 is 5.97 Å². The van der Waals surface area contributed by atoms with Gasteiger partial charge in [0.1, 0.15) is 5.75 Å². The second-order valence-corrected chi connectivity index (χ2v) is 7.24. The number of carbonyl (C=O) groups excluding carboxylic acids is 2. The molecule has 2 aromatic carbocycles. The number of thioether (sulfide) groups is 1. The lowest BCUT2D eigenvalue weighted by molar-refractivity contribution is -0.142. The summed E-state index contributed by atoms with van der Waals surface area (Å²) in [6.45, 7) is 1.62. The number of carbonyl (C=O) groups is 2. The van der Waals surface area contributed by atoms with Gasteiger partial charge in [-0.25, -0.2) is 10.2 Å². The number of hydrogen-bond donors (Lipinski definition) is 1. The van der Waals surface area contributed by atoms with Crippen molar-refractivity contribution < 1.29 is 19.1 Å². The molecule has 0 heterocycles. The number of hydrogen-bond acceptors (Lipinski definition) is 6. The normalized spacial score (nSPS) is 11.8. The van der Waals surface area contributed by atoms with Gasteiger partial charge in [-0.05, 0) is 48.9 Å². The monoisotopic (exact) mass is 406 g/mol. The largest absolute Gasteiger partial charge is 0.482 e. The van der Waals surface area contributed by atoms with E-state index in [1.807, 2.05) is 12.1 Å². The lowest BCUT2D eigenvalue weighted by Crippen LogP contribution is -2.26. The number of esters is 1. The molecule has 1 atom stereocenters. The average Bonchev–Trinajstić information content (AvgIpc) is 2.68. The molecule has 0 aliphatic heterocycles. The Morgan fingerprint density at radius 2 is 2.00 bits per heavy atom. The van der Waals surface area contributed by atoms with Gasteiger partial charge in [-0.2, -0.15) is 5.10 Å². The van der Waals surface area contributed by atoms with Gasteiger partial charge in [-0.1, -0.05) is 23.7 Å². The summed E-state index contributed by atoms with van der Waals surface area (Å²) in [5.41, 5.74) is 3.23. The molecule has 0 saturated heterocycles. The molecular formula is C19H19ClN2O4S. The molecule has 1 amide bonds. The number of nitrogens with zero attached hydrogens (tertiary/aromatic N) is 1. The first kappa shape index (κ1) is 20.8. The highest BCUT2D eigenvalue weighted by molar-refractivity contribution is 8.00. The van der Waals surface area contributed by atoms with E-state index in [1.165, 1.54) is 25.1 Å². The minimum Gasteiger partial charge on any atom is -0.482 e. The minimum atomic E-state index is -0.464.